The van der Waals surface area contributed by atoms with Crippen molar-refractivity contribution in [3.05, 3.63) is 29.6 Å². The van der Waals surface area contributed by atoms with Gasteiger partial charge >= 0.3 is 0 Å². The van der Waals surface area contributed by atoms with E-state index in [4.69, 9.17) is 0 Å². The number of thioether (sulfide) groups is 1. The molecule has 0 bridgehead atoms. The third-order valence-corrected chi connectivity index (χ3v) is 3.74. The first-order chi connectivity index (χ1) is 8.60. The van der Waals surface area contributed by atoms with Crippen molar-refractivity contribution >= 4 is 22.6 Å². The zero-order valence-electron chi connectivity index (χ0n) is 9.84. The first kappa shape index (κ1) is 13.3. The summed E-state index contributed by atoms with van der Waals surface area (Å²) >= 11 is 1.46. The van der Waals surface area contributed by atoms with Crippen LogP contribution in [0.25, 0.3) is 0 Å². The fourth-order valence-corrected chi connectivity index (χ4v) is 2.86. The van der Waals surface area contributed by atoms with Gasteiger partial charge in [0.15, 0.2) is 16.8 Å². The Balaban J connectivity index is 2.07. The molecule has 0 fully saturated rings. The smallest absolute Gasteiger partial charge is 0.161 e. The van der Waals surface area contributed by atoms with Gasteiger partial charge in [0.1, 0.15) is 11.5 Å². The largest absolute Gasteiger partial charge is 0.330 e. The minimum atomic E-state index is -0.949. The molecule has 0 saturated carbocycles. The summed E-state index contributed by atoms with van der Waals surface area (Å²) < 4.78 is 39.5. The lowest BCUT2D eigenvalue weighted by Gasteiger charge is -2.09. The van der Waals surface area contributed by atoms with Crippen molar-refractivity contribution in [2.75, 3.05) is 11.9 Å². The van der Waals surface area contributed by atoms with Crippen LogP contribution in [-0.2, 0) is 0 Å². The predicted molar refractivity (Wildman–Crippen MR) is 68.5 cm³/mol. The molecule has 0 saturated heterocycles. The summed E-state index contributed by atoms with van der Waals surface area (Å²) in [5, 5.41) is 3.42. The Labute approximate surface area is 108 Å². The van der Waals surface area contributed by atoms with Gasteiger partial charge in [-0.25, -0.2) is 13.2 Å². The van der Waals surface area contributed by atoms with E-state index >= 15 is 0 Å². The predicted octanol–water partition coefficient (Wildman–Crippen LogP) is 3.79. The van der Waals surface area contributed by atoms with Crippen LogP contribution in [0.15, 0.2) is 17.1 Å². The number of halogens is 3. The SMILES string of the molecule is CCCC1CN=C(Nc2c(F)cc(F)cc2F)S1. The molecule has 2 rings (SSSR count). The van der Waals surface area contributed by atoms with Crippen molar-refractivity contribution in [3.63, 3.8) is 0 Å². The quantitative estimate of drug-likeness (QED) is 0.907. The first-order valence-corrected chi connectivity index (χ1v) is 6.60. The summed E-state index contributed by atoms with van der Waals surface area (Å²) in [6.45, 7) is 2.72. The molecule has 1 aliphatic heterocycles. The molecule has 1 heterocycles. The maximum atomic E-state index is 13.4. The summed E-state index contributed by atoms with van der Waals surface area (Å²) in [6.07, 6.45) is 2.05. The molecule has 1 aromatic rings. The number of anilines is 1. The molecule has 1 atom stereocenters. The van der Waals surface area contributed by atoms with Crippen LogP contribution in [0.3, 0.4) is 0 Å². The average molecular weight is 274 g/mol. The van der Waals surface area contributed by atoms with E-state index in [0.29, 0.717) is 29.1 Å². The van der Waals surface area contributed by atoms with Crippen molar-refractivity contribution in [3.8, 4) is 0 Å². The van der Waals surface area contributed by atoms with E-state index in [2.05, 4.69) is 17.2 Å². The molecule has 1 N–H and O–H groups in total. The van der Waals surface area contributed by atoms with E-state index < -0.39 is 17.5 Å². The summed E-state index contributed by atoms with van der Waals surface area (Å²) in [4.78, 5) is 4.18. The Morgan fingerprint density at radius 3 is 2.61 bits per heavy atom. The highest BCUT2D eigenvalue weighted by Gasteiger charge is 2.21. The monoisotopic (exact) mass is 274 g/mol. The average Bonchev–Trinajstić information content (AvgIpc) is 2.72. The van der Waals surface area contributed by atoms with Gasteiger partial charge in [-0.1, -0.05) is 25.1 Å². The summed E-state index contributed by atoms with van der Waals surface area (Å²) in [5.74, 6) is -2.83. The van der Waals surface area contributed by atoms with Crippen molar-refractivity contribution in [2.24, 2.45) is 4.99 Å². The highest BCUT2D eigenvalue weighted by atomic mass is 32.2. The fourth-order valence-electron chi connectivity index (χ4n) is 1.73. The topological polar surface area (TPSA) is 24.4 Å². The molecule has 0 spiro atoms. The second kappa shape index (κ2) is 5.65. The number of amidine groups is 1. The normalized spacial score (nSPS) is 18.9. The Morgan fingerprint density at radius 1 is 1.33 bits per heavy atom. The Bertz CT molecular complexity index is 453. The second-order valence-corrected chi connectivity index (χ2v) is 5.33. The second-order valence-electron chi connectivity index (χ2n) is 4.04. The number of hydrogen-bond acceptors (Lipinski definition) is 3. The van der Waals surface area contributed by atoms with Gasteiger partial charge in [-0.2, -0.15) is 0 Å². The fraction of sp³-hybridized carbons (Fsp3) is 0.417. The maximum absolute atomic E-state index is 13.4. The van der Waals surface area contributed by atoms with Gasteiger partial charge in [-0.15, -0.1) is 0 Å². The van der Waals surface area contributed by atoms with Crippen LogP contribution in [0.4, 0.5) is 18.9 Å². The van der Waals surface area contributed by atoms with E-state index in [1.807, 2.05) is 0 Å². The molecular formula is C12H13F3N2S. The van der Waals surface area contributed by atoms with Crippen LogP contribution >= 0.6 is 11.8 Å². The molecule has 98 valence electrons. The molecule has 1 aromatic carbocycles. The molecule has 0 aliphatic carbocycles. The Morgan fingerprint density at radius 2 is 2.00 bits per heavy atom. The molecule has 0 amide bonds. The lowest BCUT2D eigenvalue weighted by Crippen LogP contribution is -2.10. The van der Waals surface area contributed by atoms with Gasteiger partial charge in [0.2, 0.25) is 0 Å². The summed E-state index contributed by atoms with van der Waals surface area (Å²) in [7, 11) is 0. The van der Waals surface area contributed by atoms with Crippen molar-refractivity contribution in [1.82, 2.24) is 0 Å². The van der Waals surface area contributed by atoms with E-state index in [9.17, 15) is 13.2 Å². The van der Waals surface area contributed by atoms with Gasteiger partial charge in [-0.3, -0.25) is 4.99 Å². The van der Waals surface area contributed by atoms with Gasteiger partial charge in [-0.05, 0) is 6.42 Å². The molecular weight excluding hydrogens is 261 g/mol. The van der Waals surface area contributed by atoms with Crippen molar-refractivity contribution < 1.29 is 13.2 Å². The van der Waals surface area contributed by atoms with Gasteiger partial charge in [0.25, 0.3) is 0 Å². The molecule has 0 aromatic heterocycles. The maximum Gasteiger partial charge on any atom is 0.161 e. The number of benzene rings is 1. The highest BCUT2D eigenvalue weighted by Crippen LogP contribution is 2.28. The standard InChI is InChI=1S/C12H13F3N2S/c1-2-3-8-6-16-12(18-8)17-11-9(14)4-7(13)5-10(11)15/h4-5,8H,2-3,6H2,1H3,(H,16,17). The van der Waals surface area contributed by atoms with Gasteiger partial charge < -0.3 is 5.32 Å². The van der Waals surface area contributed by atoms with Crippen LogP contribution < -0.4 is 5.32 Å². The number of aliphatic imine (C=N–C) groups is 1. The van der Waals surface area contributed by atoms with E-state index in [1.165, 1.54) is 11.8 Å². The molecule has 6 heteroatoms. The van der Waals surface area contributed by atoms with Crippen LogP contribution in [-0.4, -0.2) is 17.0 Å². The van der Waals surface area contributed by atoms with Crippen molar-refractivity contribution in [2.45, 2.75) is 25.0 Å². The van der Waals surface area contributed by atoms with Crippen molar-refractivity contribution in [1.29, 1.82) is 0 Å². The zero-order chi connectivity index (χ0) is 13.1. The van der Waals surface area contributed by atoms with Crippen LogP contribution in [0.2, 0.25) is 0 Å². The van der Waals surface area contributed by atoms with Gasteiger partial charge in [0.05, 0.1) is 6.54 Å². The lowest BCUT2D eigenvalue weighted by atomic mass is 10.2. The van der Waals surface area contributed by atoms with Crippen LogP contribution in [0.1, 0.15) is 19.8 Å². The molecule has 1 aliphatic rings. The molecule has 2 nitrogen and oxygen atoms in total. The van der Waals surface area contributed by atoms with Gasteiger partial charge in [0, 0.05) is 17.4 Å². The molecule has 18 heavy (non-hydrogen) atoms. The van der Waals surface area contributed by atoms with E-state index in [0.717, 1.165) is 12.8 Å². The minimum absolute atomic E-state index is 0.347. The van der Waals surface area contributed by atoms with Crippen LogP contribution in [0, 0.1) is 17.5 Å². The van der Waals surface area contributed by atoms with Crippen LogP contribution in [0.5, 0.6) is 0 Å². The summed E-state index contributed by atoms with van der Waals surface area (Å²) in [5.41, 5.74) is -0.347. The Hall–Kier alpha value is -1.17. The highest BCUT2D eigenvalue weighted by molar-refractivity contribution is 8.15. The summed E-state index contributed by atoms with van der Waals surface area (Å²) in [6, 6.07) is 1.30. The zero-order valence-corrected chi connectivity index (χ0v) is 10.7. The minimum Gasteiger partial charge on any atom is -0.330 e. The number of hydrogen-bond donors (Lipinski definition) is 1. The molecule has 1 unspecified atom stereocenters. The number of nitrogens with one attached hydrogen (secondary N) is 1. The third-order valence-electron chi connectivity index (χ3n) is 2.57. The number of nitrogens with zero attached hydrogens (tertiary/aromatic N) is 1. The van der Waals surface area contributed by atoms with E-state index in [-0.39, 0.29) is 5.69 Å². The first-order valence-electron chi connectivity index (χ1n) is 5.72. The van der Waals surface area contributed by atoms with E-state index in [1.54, 1.807) is 0 Å². The third kappa shape index (κ3) is 2.98. The molecule has 0 radical (unpaired) electrons. The lowest BCUT2D eigenvalue weighted by molar-refractivity contribution is 0.549. The Kier molecular flexibility index (Phi) is 4.16. The number of rotatable bonds is 3.